The minimum Gasteiger partial charge on any atom is -0.469 e. The minimum absolute atomic E-state index is 0.00192. The Balaban J connectivity index is 2.00. The molecule has 2 heterocycles. The molecule has 2 aliphatic rings. The molecule has 1 amide bonds. The lowest BCUT2D eigenvalue weighted by Gasteiger charge is -2.38. The third-order valence-corrected chi connectivity index (χ3v) is 4.49. The molecule has 1 saturated heterocycles. The fourth-order valence-electron chi connectivity index (χ4n) is 3.77. The highest BCUT2D eigenvalue weighted by molar-refractivity contribution is 5.81. The van der Waals surface area contributed by atoms with Gasteiger partial charge in [-0.3, -0.25) is 4.79 Å². The van der Waals surface area contributed by atoms with Gasteiger partial charge in [-0.05, 0) is 31.2 Å². The first-order valence-electron chi connectivity index (χ1n) is 6.98. The summed E-state index contributed by atoms with van der Waals surface area (Å²) in [6.07, 6.45) is 6.73. The van der Waals surface area contributed by atoms with Crippen LogP contribution in [0.15, 0.2) is 16.7 Å². The molecule has 0 radical (unpaired) electrons. The summed E-state index contributed by atoms with van der Waals surface area (Å²) in [6, 6.07) is 2.36. The summed E-state index contributed by atoms with van der Waals surface area (Å²) >= 11 is 0. The summed E-state index contributed by atoms with van der Waals surface area (Å²) in [4.78, 5) is 11.9. The summed E-state index contributed by atoms with van der Waals surface area (Å²) in [5.74, 6) is 1.91. The van der Waals surface area contributed by atoms with Crippen LogP contribution in [0.5, 0.6) is 0 Å². The Morgan fingerprint density at radius 1 is 1.56 bits per heavy atom. The molecule has 1 N–H and O–H groups in total. The van der Waals surface area contributed by atoms with E-state index in [-0.39, 0.29) is 17.4 Å². The Morgan fingerprint density at radius 2 is 2.39 bits per heavy atom. The van der Waals surface area contributed by atoms with E-state index >= 15 is 0 Å². The summed E-state index contributed by atoms with van der Waals surface area (Å²) in [5, 5.41) is 3.20. The van der Waals surface area contributed by atoms with Crippen molar-refractivity contribution in [3.05, 3.63) is 23.7 Å². The molecule has 0 bridgehead atoms. The molecule has 3 nitrogen and oxygen atoms in total. The number of rotatable bonds is 2. The Bertz CT molecular complexity index is 463. The van der Waals surface area contributed by atoms with E-state index < -0.39 is 0 Å². The molecule has 18 heavy (non-hydrogen) atoms. The number of fused-ring (bicyclic) bond motifs is 2. The van der Waals surface area contributed by atoms with Gasteiger partial charge in [-0.25, -0.2) is 0 Å². The van der Waals surface area contributed by atoms with E-state index in [2.05, 4.69) is 25.2 Å². The molecule has 0 saturated carbocycles. The molecule has 2 unspecified atom stereocenters. The lowest BCUT2D eigenvalue weighted by atomic mass is 9.66. The van der Waals surface area contributed by atoms with Crippen LogP contribution in [0.1, 0.15) is 50.9 Å². The highest BCUT2D eigenvalue weighted by Crippen LogP contribution is 2.47. The van der Waals surface area contributed by atoms with Crippen LogP contribution in [0.4, 0.5) is 0 Å². The molecule has 1 aliphatic heterocycles. The average molecular weight is 247 g/mol. The molecule has 1 aliphatic carbocycles. The van der Waals surface area contributed by atoms with Gasteiger partial charge in [0.1, 0.15) is 5.76 Å². The molecular weight excluding hydrogens is 226 g/mol. The van der Waals surface area contributed by atoms with Crippen molar-refractivity contribution in [2.45, 2.75) is 57.4 Å². The van der Waals surface area contributed by atoms with Crippen LogP contribution >= 0.6 is 0 Å². The molecule has 2 atom stereocenters. The van der Waals surface area contributed by atoms with E-state index in [1.807, 2.05) is 0 Å². The Labute approximate surface area is 108 Å². The van der Waals surface area contributed by atoms with E-state index in [9.17, 15) is 4.79 Å². The van der Waals surface area contributed by atoms with Crippen LogP contribution in [0.2, 0.25) is 0 Å². The van der Waals surface area contributed by atoms with E-state index in [1.54, 1.807) is 6.26 Å². The zero-order valence-corrected chi connectivity index (χ0v) is 11.2. The molecule has 1 aromatic heterocycles. The first kappa shape index (κ1) is 11.8. The second-order valence-corrected chi connectivity index (χ2v) is 6.19. The summed E-state index contributed by atoms with van der Waals surface area (Å²) < 4.78 is 5.59. The molecule has 1 fully saturated rings. The van der Waals surface area contributed by atoms with Gasteiger partial charge < -0.3 is 9.73 Å². The summed E-state index contributed by atoms with van der Waals surface area (Å²) in [5.41, 5.74) is 1.29. The second kappa shape index (κ2) is 4.15. The molecule has 98 valence electrons. The van der Waals surface area contributed by atoms with Crippen LogP contribution in [-0.2, 0) is 16.6 Å². The minimum atomic E-state index is 0.00192. The van der Waals surface area contributed by atoms with E-state index in [4.69, 9.17) is 4.42 Å². The zero-order valence-electron chi connectivity index (χ0n) is 11.2. The Morgan fingerprint density at radius 3 is 3.17 bits per heavy atom. The van der Waals surface area contributed by atoms with Gasteiger partial charge in [-0.2, -0.15) is 0 Å². The normalized spacial score (nSPS) is 30.8. The summed E-state index contributed by atoms with van der Waals surface area (Å²) in [6.45, 7) is 4.44. The molecule has 3 rings (SSSR count). The smallest absolute Gasteiger partial charge is 0.221 e. The highest BCUT2D eigenvalue weighted by Gasteiger charge is 2.50. The standard InChI is InChI=1S/C15H21NO2/c1-10(2)8-13-15(9-14(17)16-13)6-3-4-12-11(15)5-7-18-12/h5,7,10,13H,3-4,6,8-9H2,1-2H3,(H,16,17). The number of carbonyl (C=O) groups excluding carboxylic acids is 1. The van der Waals surface area contributed by atoms with Gasteiger partial charge in [0.2, 0.25) is 5.91 Å². The number of furan rings is 1. The fourth-order valence-corrected chi connectivity index (χ4v) is 3.77. The van der Waals surface area contributed by atoms with Gasteiger partial charge in [-0.15, -0.1) is 0 Å². The van der Waals surface area contributed by atoms with Crippen molar-refractivity contribution in [3.8, 4) is 0 Å². The van der Waals surface area contributed by atoms with Gasteiger partial charge in [0, 0.05) is 29.9 Å². The zero-order chi connectivity index (χ0) is 12.8. The van der Waals surface area contributed by atoms with Gasteiger partial charge in [0.15, 0.2) is 0 Å². The lowest BCUT2D eigenvalue weighted by Crippen LogP contribution is -2.43. The maximum Gasteiger partial charge on any atom is 0.221 e. The number of carbonyl (C=O) groups is 1. The number of nitrogens with one attached hydrogen (secondary N) is 1. The lowest BCUT2D eigenvalue weighted by molar-refractivity contribution is -0.119. The van der Waals surface area contributed by atoms with E-state index in [0.29, 0.717) is 12.3 Å². The maximum atomic E-state index is 11.9. The predicted octanol–water partition coefficient (Wildman–Crippen LogP) is 2.79. The van der Waals surface area contributed by atoms with Crippen molar-refractivity contribution in [2.24, 2.45) is 5.92 Å². The maximum absolute atomic E-state index is 11.9. The average Bonchev–Trinajstić information content (AvgIpc) is 2.86. The van der Waals surface area contributed by atoms with Gasteiger partial charge in [-0.1, -0.05) is 13.8 Å². The van der Waals surface area contributed by atoms with E-state index in [1.165, 1.54) is 5.56 Å². The molecule has 1 spiro atoms. The largest absolute Gasteiger partial charge is 0.469 e. The number of hydrogen-bond acceptors (Lipinski definition) is 2. The highest BCUT2D eigenvalue weighted by atomic mass is 16.3. The van der Waals surface area contributed by atoms with Gasteiger partial charge in [0.25, 0.3) is 0 Å². The van der Waals surface area contributed by atoms with Gasteiger partial charge in [0.05, 0.1) is 6.26 Å². The topological polar surface area (TPSA) is 42.2 Å². The van der Waals surface area contributed by atoms with Crippen molar-refractivity contribution in [1.29, 1.82) is 0 Å². The first-order valence-corrected chi connectivity index (χ1v) is 6.98. The number of amides is 1. The predicted molar refractivity (Wildman–Crippen MR) is 69.3 cm³/mol. The number of aryl methyl sites for hydroxylation is 1. The fraction of sp³-hybridized carbons (Fsp3) is 0.667. The van der Waals surface area contributed by atoms with Crippen molar-refractivity contribution >= 4 is 5.91 Å². The molecule has 3 heteroatoms. The van der Waals surface area contributed by atoms with Crippen molar-refractivity contribution < 1.29 is 9.21 Å². The van der Waals surface area contributed by atoms with E-state index in [0.717, 1.165) is 31.4 Å². The third-order valence-electron chi connectivity index (χ3n) is 4.49. The van der Waals surface area contributed by atoms with Crippen LogP contribution in [0.3, 0.4) is 0 Å². The van der Waals surface area contributed by atoms with Crippen molar-refractivity contribution in [2.75, 3.05) is 0 Å². The van der Waals surface area contributed by atoms with Crippen molar-refractivity contribution in [1.82, 2.24) is 5.32 Å². The third kappa shape index (κ3) is 1.68. The monoisotopic (exact) mass is 247 g/mol. The first-order chi connectivity index (χ1) is 8.62. The van der Waals surface area contributed by atoms with Crippen LogP contribution in [0.25, 0.3) is 0 Å². The second-order valence-electron chi connectivity index (χ2n) is 6.19. The Kier molecular flexibility index (Phi) is 2.72. The van der Waals surface area contributed by atoms with Crippen LogP contribution in [0, 0.1) is 5.92 Å². The van der Waals surface area contributed by atoms with Crippen molar-refractivity contribution in [3.63, 3.8) is 0 Å². The Hall–Kier alpha value is -1.25. The summed E-state index contributed by atoms with van der Waals surface area (Å²) in [7, 11) is 0. The molecular formula is C15H21NO2. The SMILES string of the molecule is CC(C)CC1NC(=O)CC12CCCc1occc12. The van der Waals surface area contributed by atoms with Crippen LogP contribution in [-0.4, -0.2) is 11.9 Å². The number of hydrogen-bond donors (Lipinski definition) is 1. The van der Waals surface area contributed by atoms with Gasteiger partial charge >= 0.3 is 0 Å². The quantitative estimate of drug-likeness (QED) is 0.873. The molecule has 0 aromatic carbocycles. The molecule has 1 aromatic rings. The van der Waals surface area contributed by atoms with Crippen LogP contribution < -0.4 is 5.32 Å².